The number of piperazine rings is 1. The summed E-state index contributed by atoms with van der Waals surface area (Å²) >= 11 is 0. The number of fused-ring (bicyclic) bond motifs is 2. The molecule has 5 rings (SSSR count). The molecule has 0 spiro atoms. The Labute approximate surface area is 172 Å². The van der Waals surface area contributed by atoms with E-state index in [0.29, 0.717) is 6.67 Å². The van der Waals surface area contributed by atoms with Gasteiger partial charge in [0.05, 0.1) is 11.8 Å². The van der Waals surface area contributed by atoms with Crippen LogP contribution in [0.5, 0.6) is 0 Å². The number of nitrogens with zero attached hydrogens (tertiary/aromatic N) is 1. The highest BCUT2D eigenvalue weighted by molar-refractivity contribution is 6.05. The van der Waals surface area contributed by atoms with Crippen LogP contribution < -0.4 is 9.80 Å². The molecule has 2 heterocycles. The number of hydrogen-bond donors (Lipinski definition) is 2. The number of benzene rings is 2. The second-order valence-electron chi connectivity index (χ2n) is 9.08. The van der Waals surface area contributed by atoms with Gasteiger partial charge in [-0.1, -0.05) is 55.3 Å². The average Bonchev–Trinajstić information content (AvgIpc) is 3.00. The zero-order valence-electron chi connectivity index (χ0n) is 17.0. The van der Waals surface area contributed by atoms with E-state index in [9.17, 15) is 9.59 Å². The first kappa shape index (κ1) is 18.8. The third-order valence-electron chi connectivity index (χ3n) is 7.30. The molecule has 3 aliphatic rings. The maximum absolute atomic E-state index is 12.7. The molecule has 2 aliphatic heterocycles. The maximum atomic E-state index is 12.7. The Morgan fingerprint density at radius 1 is 0.793 bits per heavy atom. The van der Waals surface area contributed by atoms with E-state index < -0.39 is 0 Å². The minimum Gasteiger partial charge on any atom is -0.322 e. The van der Waals surface area contributed by atoms with Gasteiger partial charge in [-0.3, -0.25) is 9.59 Å². The Hall–Kier alpha value is -2.24. The van der Waals surface area contributed by atoms with Gasteiger partial charge < -0.3 is 9.80 Å². The number of rotatable bonds is 4. The molecular weight excluding hydrogens is 362 g/mol. The fraction of sp³-hybridized carbons (Fsp3) is 0.500. The van der Waals surface area contributed by atoms with Gasteiger partial charge in [0.15, 0.2) is 6.67 Å². The van der Waals surface area contributed by atoms with Crippen LogP contribution in [0.15, 0.2) is 42.5 Å². The van der Waals surface area contributed by atoms with E-state index in [1.165, 1.54) is 21.2 Å². The molecule has 0 bridgehead atoms. The van der Waals surface area contributed by atoms with E-state index in [1.54, 1.807) is 9.80 Å². The molecule has 3 fully saturated rings. The van der Waals surface area contributed by atoms with E-state index in [-0.39, 0.29) is 23.7 Å². The Morgan fingerprint density at radius 2 is 1.41 bits per heavy atom. The Kier molecular flexibility index (Phi) is 5.10. The molecule has 2 aromatic rings. The van der Waals surface area contributed by atoms with Gasteiger partial charge in [0, 0.05) is 5.56 Å². The van der Waals surface area contributed by atoms with Crippen LogP contribution in [0.3, 0.4) is 0 Å². The monoisotopic (exact) mass is 393 g/mol. The summed E-state index contributed by atoms with van der Waals surface area (Å²) in [5, 5.41) is 2.66. The van der Waals surface area contributed by atoms with Crippen molar-refractivity contribution < 1.29 is 19.4 Å². The number of carbonyl (C=O) groups excluding carboxylic acids is 2. The number of amides is 2. The number of quaternary nitrogens is 2. The van der Waals surface area contributed by atoms with Crippen molar-refractivity contribution in [1.82, 2.24) is 4.90 Å². The van der Waals surface area contributed by atoms with Gasteiger partial charge in [-0.05, 0) is 23.6 Å². The Balaban J connectivity index is 1.19. The first-order chi connectivity index (χ1) is 14.2. The van der Waals surface area contributed by atoms with Crippen LogP contribution in [0.1, 0.15) is 31.2 Å². The number of likely N-dealkylation sites (tertiary alicyclic amines) is 1. The van der Waals surface area contributed by atoms with E-state index >= 15 is 0 Å². The number of nitrogens with one attached hydrogen (secondary N) is 2. The van der Waals surface area contributed by atoms with Gasteiger partial charge in [0.2, 0.25) is 11.8 Å². The predicted molar refractivity (Wildman–Crippen MR) is 111 cm³/mol. The average molecular weight is 394 g/mol. The van der Waals surface area contributed by atoms with Crippen molar-refractivity contribution in [2.75, 3.05) is 32.8 Å². The molecule has 2 saturated heterocycles. The molecule has 0 radical (unpaired) electrons. The number of carbonyl (C=O) groups is 2. The highest BCUT2D eigenvalue weighted by Gasteiger charge is 2.49. The molecular formula is C24H31N3O2+2. The Morgan fingerprint density at radius 3 is 2.14 bits per heavy atom. The molecule has 1 aliphatic carbocycles. The molecule has 152 valence electrons. The number of imide groups is 1. The lowest BCUT2D eigenvalue weighted by Crippen LogP contribution is -3.28. The topological polar surface area (TPSA) is 46.3 Å². The molecule has 5 heteroatoms. The molecule has 0 unspecified atom stereocenters. The second kappa shape index (κ2) is 7.88. The number of hydrogen-bond acceptors (Lipinski definition) is 2. The van der Waals surface area contributed by atoms with Crippen molar-refractivity contribution >= 4 is 22.6 Å². The fourth-order valence-electron chi connectivity index (χ4n) is 5.62. The van der Waals surface area contributed by atoms with Crippen molar-refractivity contribution in [2.45, 2.75) is 32.2 Å². The first-order valence-corrected chi connectivity index (χ1v) is 11.2. The lowest BCUT2D eigenvalue weighted by molar-refractivity contribution is -1.02. The Bertz CT molecular complexity index is 890. The largest absolute Gasteiger partial charge is 0.322 e. The van der Waals surface area contributed by atoms with Gasteiger partial charge in [0.25, 0.3) is 0 Å². The van der Waals surface area contributed by atoms with Gasteiger partial charge in [0.1, 0.15) is 32.7 Å². The standard InChI is InChI=1S/C24H29N3O2/c28-23-21-10-3-4-11-22(21)24(29)27(23)17-26-14-12-25(13-15-26)16-19-8-5-7-18-6-1-2-9-20(18)19/h1-2,5-9,21-22H,3-4,10-17H2/p+2/t21-,22+. The minimum absolute atomic E-state index is 0.0195. The highest BCUT2D eigenvalue weighted by Crippen LogP contribution is 2.37. The smallest absolute Gasteiger partial charge is 0.237 e. The summed E-state index contributed by atoms with van der Waals surface area (Å²) < 4.78 is 0. The molecule has 2 aromatic carbocycles. The third-order valence-corrected chi connectivity index (χ3v) is 7.30. The summed E-state index contributed by atoms with van der Waals surface area (Å²) in [6.07, 6.45) is 4.00. The predicted octanol–water partition coefficient (Wildman–Crippen LogP) is 0.256. The highest BCUT2D eigenvalue weighted by atomic mass is 16.2. The molecule has 2 N–H and O–H groups in total. The van der Waals surface area contributed by atoms with Crippen molar-refractivity contribution in [1.29, 1.82) is 0 Å². The van der Waals surface area contributed by atoms with Crippen molar-refractivity contribution in [3.8, 4) is 0 Å². The summed E-state index contributed by atoms with van der Waals surface area (Å²) in [6, 6.07) is 15.2. The first-order valence-electron chi connectivity index (χ1n) is 11.2. The lowest BCUT2D eigenvalue weighted by Gasteiger charge is -2.31. The van der Waals surface area contributed by atoms with Crippen LogP contribution >= 0.6 is 0 Å². The minimum atomic E-state index is -0.0195. The zero-order chi connectivity index (χ0) is 19.8. The van der Waals surface area contributed by atoms with Crippen LogP contribution in [0.4, 0.5) is 0 Å². The van der Waals surface area contributed by atoms with Crippen molar-refractivity contribution in [3.05, 3.63) is 48.0 Å². The molecule has 5 nitrogen and oxygen atoms in total. The SMILES string of the molecule is O=C1[C@H]2CCCC[C@H]2C(=O)N1C[NH+]1CC[NH+](Cc2cccc3ccccc23)CC1. The van der Waals surface area contributed by atoms with Crippen LogP contribution in [-0.4, -0.2) is 49.6 Å². The third kappa shape index (κ3) is 3.58. The van der Waals surface area contributed by atoms with Crippen LogP contribution in [0.25, 0.3) is 10.8 Å². The normalized spacial score (nSPS) is 30.0. The van der Waals surface area contributed by atoms with E-state index in [0.717, 1.165) is 58.4 Å². The molecule has 29 heavy (non-hydrogen) atoms. The van der Waals surface area contributed by atoms with Crippen LogP contribution in [0, 0.1) is 11.8 Å². The summed E-state index contributed by atoms with van der Waals surface area (Å²) in [7, 11) is 0. The van der Waals surface area contributed by atoms with Gasteiger partial charge in [-0.25, -0.2) is 4.90 Å². The summed E-state index contributed by atoms with van der Waals surface area (Å²) in [4.78, 5) is 30.1. The second-order valence-corrected chi connectivity index (χ2v) is 9.08. The van der Waals surface area contributed by atoms with E-state index in [1.807, 2.05) is 0 Å². The van der Waals surface area contributed by atoms with Gasteiger partial charge in [-0.15, -0.1) is 0 Å². The fourth-order valence-corrected chi connectivity index (χ4v) is 5.62. The maximum Gasteiger partial charge on any atom is 0.237 e. The molecule has 2 amide bonds. The van der Waals surface area contributed by atoms with Crippen molar-refractivity contribution in [2.24, 2.45) is 11.8 Å². The summed E-state index contributed by atoms with van der Waals surface area (Å²) in [5.74, 6) is 0.179. The van der Waals surface area contributed by atoms with Crippen LogP contribution in [0.2, 0.25) is 0 Å². The zero-order valence-corrected chi connectivity index (χ0v) is 17.0. The van der Waals surface area contributed by atoms with Gasteiger partial charge >= 0.3 is 0 Å². The van der Waals surface area contributed by atoms with Gasteiger partial charge in [-0.2, -0.15) is 0 Å². The summed E-state index contributed by atoms with van der Waals surface area (Å²) in [6.45, 7) is 5.83. The quantitative estimate of drug-likeness (QED) is 0.732. The van der Waals surface area contributed by atoms with E-state index in [2.05, 4.69) is 42.5 Å². The van der Waals surface area contributed by atoms with Crippen LogP contribution in [-0.2, 0) is 16.1 Å². The van der Waals surface area contributed by atoms with Crippen molar-refractivity contribution in [3.63, 3.8) is 0 Å². The molecule has 0 aromatic heterocycles. The summed E-state index contributed by atoms with van der Waals surface area (Å²) in [5.41, 5.74) is 1.41. The van der Waals surface area contributed by atoms with E-state index in [4.69, 9.17) is 0 Å². The molecule has 1 saturated carbocycles. The lowest BCUT2D eigenvalue weighted by atomic mass is 9.81. The molecule has 2 atom stereocenters.